The highest BCUT2D eigenvalue weighted by Crippen LogP contribution is 2.36. The van der Waals surface area contributed by atoms with Crippen molar-refractivity contribution in [2.24, 2.45) is 0 Å². The predicted octanol–water partition coefficient (Wildman–Crippen LogP) is 2.65. The van der Waals surface area contributed by atoms with Crippen LogP contribution < -0.4 is 0 Å². The van der Waals surface area contributed by atoms with Gasteiger partial charge in [-0.15, -0.1) is 0 Å². The van der Waals surface area contributed by atoms with Gasteiger partial charge in [-0.3, -0.25) is 0 Å². The van der Waals surface area contributed by atoms with Gasteiger partial charge < -0.3 is 0 Å². The molecule has 0 saturated heterocycles. The van der Waals surface area contributed by atoms with Crippen LogP contribution in [0.1, 0.15) is 0 Å². The summed E-state index contributed by atoms with van der Waals surface area (Å²) >= 11 is 0. The molecule has 2 nitrogen and oxygen atoms in total. The first-order chi connectivity index (χ1) is 5.96. The first-order valence-corrected chi connectivity index (χ1v) is 2.77. The van der Waals surface area contributed by atoms with E-state index in [0.717, 1.165) is 0 Å². The van der Waals surface area contributed by atoms with Gasteiger partial charge in [0, 0.05) is 0 Å². The van der Waals surface area contributed by atoms with Crippen molar-refractivity contribution in [2.45, 2.75) is 18.5 Å². The highest BCUT2D eigenvalue weighted by Gasteiger charge is 2.61. The van der Waals surface area contributed by atoms with Gasteiger partial charge in [-0.1, -0.05) is 0 Å². The third-order valence-corrected chi connectivity index (χ3v) is 0.716. The van der Waals surface area contributed by atoms with Crippen LogP contribution in [0.4, 0.5) is 35.1 Å². The van der Waals surface area contributed by atoms with E-state index in [-0.39, 0.29) is 0 Å². The van der Waals surface area contributed by atoms with Crippen LogP contribution in [-0.2, 0) is 9.78 Å². The van der Waals surface area contributed by atoms with Crippen molar-refractivity contribution in [3.8, 4) is 0 Å². The van der Waals surface area contributed by atoms with E-state index < -0.39 is 25.1 Å². The van der Waals surface area contributed by atoms with Crippen molar-refractivity contribution in [3.05, 3.63) is 0 Å². The Balaban J connectivity index is 4.02. The van der Waals surface area contributed by atoms with Crippen LogP contribution in [0.25, 0.3) is 0 Å². The molecule has 0 radical (unpaired) electrons. The van der Waals surface area contributed by atoms with E-state index in [4.69, 9.17) is 0 Å². The van der Waals surface area contributed by atoms with E-state index in [1.807, 2.05) is 0 Å². The van der Waals surface area contributed by atoms with Gasteiger partial charge in [0.05, 0.1) is 0 Å². The zero-order valence-electron chi connectivity index (χ0n) is 6.05. The van der Waals surface area contributed by atoms with Crippen LogP contribution in [0.2, 0.25) is 0 Å². The maximum absolute atomic E-state index is 11.7. The molecular formula is C4H2F8O2. The van der Waals surface area contributed by atoms with Gasteiger partial charge in [0.1, 0.15) is 0 Å². The first-order valence-electron chi connectivity index (χ1n) is 2.77. The van der Waals surface area contributed by atoms with Gasteiger partial charge in [-0.25, -0.2) is 4.89 Å². The maximum atomic E-state index is 11.7. The second-order valence-electron chi connectivity index (χ2n) is 1.98. The number of rotatable bonds is 3. The van der Waals surface area contributed by atoms with Gasteiger partial charge in [0.15, 0.2) is 6.61 Å². The molecule has 0 fully saturated rings. The van der Waals surface area contributed by atoms with Crippen LogP contribution in [0.15, 0.2) is 0 Å². The van der Waals surface area contributed by atoms with Crippen LogP contribution in [0, 0.1) is 0 Å². The molecule has 0 rings (SSSR count). The molecule has 0 amide bonds. The second-order valence-corrected chi connectivity index (χ2v) is 1.98. The van der Waals surface area contributed by atoms with Crippen molar-refractivity contribution in [1.29, 1.82) is 0 Å². The molecular weight excluding hydrogens is 232 g/mol. The average Bonchev–Trinajstić information content (AvgIpc) is 1.80. The van der Waals surface area contributed by atoms with Gasteiger partial charge >= 0.3 is 18.5 Å². The summed E-state index contributed by atoms with van der Waals surface area (Å²) in [6.07, 6.45) is -16.9. The highest BCUT2D eigenvalue weighted by atomic mass is 19.4. The van der Waals surface area contributed by atoms with Crippen molar-refractivity contribution >= 4 is 0 Å². The van der Waals surface area contributed by atoms with Crippen molar-refractivity contribution in [2.75, 3.05) is 6.61 Å². The third kappa shape index (κ3) is 4.56. The van der Waals surface area contributed by atoms with Crippen molar-refractivity contribution < 1.29 is 44.9 Å². The van der Waals surface area contributed by atoms with Crippen LogP contribution in [0.5, 0.6) is 0 Å². The molecule has 0 atom stereocenters. The minimum atomic E-state index is -6.13. The molecule has 0 aliphatic heterocycles. The lowest BCUT2D eigenvalue weighted by atomic mass is 10.6. The molecule has 10 heteroatoms. The lowest BCUT2D eigenvalue weighted by Crippen LogP contribution is -2.39. The van der Waals surface area contributed by atoms with Crippen LogP contribution in [-0.4, -0.2) is 25.1 Å². The largest absolute Gasteiger partial charge is 0.485 e. The molecule has 0 aromatic carbocycles. The lowest BCUT2D eigenvalue weighted by molar-refractivity contribution is -0.513. The number of alkyl halides is 8. The Hall–Kier alpha value is -0.640. The lowest BCUT2D eigenvalue weighted by Gasteiger charge is -2.18. The summed E-state index contributed by atoms with van der Waals surface area (Å²) in [7, 11) is 0. The minimum absolute atomic E-state index is 2.29. The normalized spacial score (nSPS) is 14.6. The molecule has 86 valence electrons. The Morgan fingerprint density at radius 3 is 1.50 bits per heavy atom. The van der Waals surface area contributed by atoms with Crippen molar-refractivity contribution in [1.82, 2.24) is 0 Å². The smallest absolute Gasteiger partial charge is 0.221 e. The molecule has 0 saturated carbocycles. The number of hydrogen-bond acceptors (Lipinski definition) is 2. The van der Waals surface area contributed by atoms with Crippen LogP contribution >= 0.6 is 0 Å². The van der Waals surface area contributed by atoms with Gasteiger partial charge in [0.2, 0.25) is 0 Å². The molecule has 0 unspecified atom stereocenters. The SMILES string of the molecule is FC(F)(F)COOC(F)(F)C(F)(F)F. The van der Waals surface area contributed by atoms with E-state index in [9.17, 15) is 35.1 Å². The molecule has 0 heterocycles. The summed E-state index contributed by atoms with van der Waals surface area (Å²) in [6.45, 7) is -2.36. The summed E-state index contributed by atoms with van der Waals surface area (Å²) in [5.41, 5.74) is 0. The zero-order valence-corrected chi connectivity index (χ0v) is 6.05. The Morgan fingerprint density at radius 1 is 0.786 bits per heavy atom. The van der Waals surface area contributed by atoms with E-state index in [1.165, 1.54) is 0 Å². The molecule has 0 aliphatic rings. The molecule has 0 bridgehead atoms. The van der Waals surface area contributed by atoms with E-state index in [1.54, 1.807) is 0 Å². The predicted molar refractivity (Wildman–Crippen MR) is 24.1 cm³/mol. The van der Waals surface area contributed by atoms with E-state index >= 15 is 0 Å². The van der Waals surface area contributed by atoms with Crippen molar-refractivity contribution in [3.63, 3.8) is 0 Å². The summed E-state index contributed by atoms with van der Waals surface area (Å²) < 4.78 is 90.6. The minimum Gasteiger partial charge on any atom is -0.221 e. The fourth-order valence-corrected chi connectivity index (χ4v) is 0.218. The monoisotopic (exact) mass is 234 g/mol. The fraction of sp³-hybridized carbons (Fsp3) is 1.00. The average molecular weight is 234 g/mol. The van der Waals surface area contributed by atoms with E-state index in [2.05, 4.69) is 9.78 Å². The topological polar surface area (TPSA) is 18.5 Å². The Kier molecular flexibility index (Phi) is 3.67. The van der Waals surface area contributed by atoms with Crippen LogP contribution in [0.3, 0.4) is 0 Å². The molecule has 0 aromatic rings. The van der Waals surface area contributed by atoms with Gasteiger partial charge in [-0.05, 0) is 0 Å². The van der Waals surface area contributed by atoms with Gasteiger partial charge in [0.25, 0.3) is 0 Å². The molecule has 0 aromatic heterocycles. The Bertz CT molecular complexity index is 181. The fourth-order valence-electron chi connectivity index (χ4n) is 0.218. The number of halogens is 8. The molecule has 0 aliphatic carbocycles. The number of hydrogen-bond donors (Lipinski definition) is 0. The van der Waals surface area contributed by atoms with Gasteiger partial charge in [-0.2, -0.15) is 40.0 Å². The third-order valence-electron chi connectivity index (χ3n) is 0.716. The maximum Gasteiger partial charge on any atom is 0.485 e. The first kappa shape index (κ1) is 13.4. The standard InChI is InChI=1S/C4H2F8O2/c5-2(6,7)1-13-14-4(11,12)3(8,9)10/h1H2. The van der Waals surface area contributed by atoms with E-state index in [0.29, 0.717) is 0 Å². The quantitative estimate of drug-likeness (QED) is 0.424. The second kappa shape index (κ2) is 3.85. The summed E-state index contributed by atoms with van der Waals surface area (Å²) in [4.78, 5) is 4.99. The Morgan fingerprint density at radius 2 is 1.21 bits per heavy atom. The summed E-state index contributed by atoms with van der Waals surface area (Å²) in [5.74, 6) is 0. The summed E-state index contributed by atoms with van der Waals surface area (Å²) in [5, 5.41) is 0. The molecule has 0 spiro atoms. The summed E-state index contributed by atoms with van der Waals surface area (Å²) in [6, 6.07) is 0. The highest BCUT2D eigenvalue weighted by molar-refractivity contribution is 4.61. The zero-order chi connectivity index (χ0) is 11.6. The molecule has 0 N–H and O–H groups in total. The Labute approximate surface area is 71.3 Å². The molecule has 14 heavy (non-hydrogen) atoms.